The van der Waals surface area contributed by atoms with Crippen molar-refractivity contribution >= 4 is 23.3 Å². The van der Waals surface area contributed by atoms with E-state index in [9.17, 15) is 9.59 Å². The highest BCUT2D eigenvalue weighted by atomic mass is 16.4. The van der Waals surface area contributed by atoms with E-state index in [4.69, 9.17) is 16.7 Å². The highest BCUT2D eigenvalue weighted by Crippen LogP contribution is 2.46. The molecule has 112 valence electrons. The van der Waals surface area contributed by atoms with Crippen molar-refractivity contribution in [1.82, 2.24) is 0 Å². The molecule has 1 saturated carbocycles. The SMILES string of the molecule is CC1CC(C(=O)Nc2cccc(C(N)=O)c2)(/C(N)=N/O)C1. The number of nitrogens with two attached hydrogens (primary N) is 2. The van der Waals surface area contributed by atoms with Crippen LogP contribution in [0.3, 0.4) is 0 Å². The molecular formula is C14H18N4O3. The number of primary amides is 1. The van der Waals surface area contributed by atoms with Gasteiger partial charge < -0.3 is 22.0 Å². The highest BCUT2D eigenvalue weighted by Gasteiger charge is 2.52. The van der Waals surface area contributed by atoms with Crippen LogP contribution in [0.2, 0.25) is 0 Å². The summed E-state index contributed by atoms with van der Waals surface area (Å²) in [5, 5.41) is 14.6. The maximum absolute atomic E-state index is 12.4. The zero-order chi connectivity index (χ0) is 15.6. The standard InChI is InChI=1S/C14H18N4O3/c1-8-6-14(7-8,12(16)18-21)13(20)17-10-4-2-3-9(5-10)11(15)19/h2-5,8,21H,6-7H2,1H3,(H2,15,19)(H2,16,18)(H,17,20). The molecule has 1 aliphatic carbocycles. The number of carbonyl (C=O) groups is 2. The molecule has 21 heavy (non-hydrogen) atoms. The number of rotatable bonds is 4. The van der Waals surface area contributed by atoms with Crippen molar-refractivity contribution < 1.29 is 14.8 Å². The average Bonchev–Trinajstić information content (AvgIpc) is 2.42. The van der Waals surface area contributed by atoms with Gasteiger partial charge in [-0.25, -0.2) is 0 Å². The van der Waals surface area contributed by atoms with E-state index in [0.29, 0.717) is 30.0 Å². The Hall–Kier alpha value is -2.57. The number of hydrogen-bond donors (Lipinski definition) is 4. The molecule has 7 heteroatoms. The van der Waals surface area contributed by atoms with E-state index in [1.165, 1.54) is 6.07 Å². The fraction of sp³-hybridized carbons (Fsp3) is 0.357. The van der Waals surface area contributed by atoms with Gasteiger partial charge in [-0.15, -0.1) is 0 Å². The number of benzene rings is 1. The van der Waals surface area contributed by atoms with Crippen molar-refractivity contribution in [3.8, 4) is 0 Å². The molecule has 1 aliphatic rings. The monoisotopic (exact) mass is 290 g/mol. The van der Waals surface area contributed by atoms with Gasteiger partial charge in [0.25, 0.3) is 0 Å². The van der Waals surface area contributed by atoms with E-state index in [-0.39, 0.29) is 11.7 Å². The molecular weight excluding hydrogens is 272 g/mol. The molecule has 7 nitrogen and oxygen atoms in total. The molecule has 0 saturated heterocycles. The third-order valence-electron chi connectivity index (χ3n) is 3.83. The number of amides is 2. The Morgan fingerprint density at radius 3 is 2.57 bits per heavy atom. The lowest BCUT2D eigenvalue weighted by atomic mass is 9.61. The van der Waals surface area contributed by atoms with E-state index in [1.54, 1.807) is 18.2 Å². The van der Waals surface area contributed by atoms with Gasteiger partial charge >= 0.3 is 0 Å². The fourth-order valence-corrected chi connectivity index (χ4v) is 2.74. The predicted molar refractivity (Wildman–Crippen MR) is 77.8 cm³/mol. The van der Waals surface area contributed by atoms with Crippen LogP contribution in [0.15, 0.2) is 29.4 Å². The molecule has 2 rings (SSSR count). The van der Waals surface area contributed by atoms with Crippen LogP contribution < -0.4 is 16.8 Å². The molecule has 0 bridgehead atoms. The van der Waals surface area contributed by atoms with Gasteiger partial charge in [0, 0.05) is 11.3 Å². The summed E-state index contributed by atoms with van der Waals surface area (Å²) in [5.41, 5.74) is 10.6. The molecule has 1 fully saturated rings. The average molecular weight is 290 g/mol. The third-order valence-corrected chi connectivity index (χ3v) is 3.83. The Morgan fingerprint density at radius 2 is 2.05 bits per heavy atom. The van der Waals surface area contributed by atoms with Gasteiger partial charge in [-0.05, 0) is 37.0 Å². The minimum absolute atomic E-state index is 0.0934. The van der Waals surface area contributed by atoms with Crippen LogP contribution in [-0.4, -0.2) is 22.9 Å². The number of nitrogens with zero attached hydrogens (tertiary/aromatic N) is 1. The number of hydrogen-bond acceptors (Lipinski definition) is 4. The lowest BCUT2D eigenvalue weighted by Crippen LogP contribution is -2.54. The molecule has 0 spiro atoms. The van der Waals surface area contributed by atoms with Crippen LogP contribution in [0.25, 0.3) is 0 Å². The van der Waals surface area contributed by atoms with Crippen LogP contribution >= 0.6 is 0 Å². The second-order valence-corrected chi connectivity index (χ2v) is 5.48. The van der Waals surface area contributed by atoms with Gasteiger partial charge in [-0.3, -0.25) is 9.59 Å². The second-order valence-electron chi connectivity index (χ2n) is 5.48. The van der Waals surface area contributed by atoms with Gasteiger partial charge in [-0.1, -0.05) is 18.1 Å². The summed E-state index contributed by atoms with van der Waals surface area (Å²) in [6, 6.07) is 6.31. The van der Waals surface area contributed by atoms with Crippen molar-refractivity contribution in [1.29, 1.82) is 0 Å². The maximum atomic E-state index is 12.4. The largest absolute Gasteiger partial charge is 0.409 e. The highest BCUT2D eigenvalue weighted by molar-refractivity contribution is 6.12. The van der Waals surface area contributed by atoms with Crippen molar-refractivity contribution in [2.24, 2.45) is 28.0 Å². The minimum Gasteiger partial charge on any atom is -0.409 e. The minimum atomic E-state index is -0.989. The normalized spacial score (nSPS) is 25.0. The van der Waals surface area contributed by atoms with Crippen LogP contribution in [0.5, 0.6) is 0 Å². The van der Waals surface area contributed by atoms with Crippen molar-refractivity contribution in [3.63, 3.8) is 0 Å². The summed E-state index contributed by atoms with van der Waals surface area (Å²) >= 11 is 0. The van der Waals surface area contributed by atoms with E-state index < -0.39 is 11.3 Å². The first-order chi connectivity index (χ1) is 9.89. The van der Waals surface area contributed by atoms with Crippen LogP contribution in [0.1, 0.15) is 30.1 Å². The van der Waals surface area contributed by atoms with Crippen molar-refractivity contribution in [2.75, 3.05) is 5.32 Å². The van der Waals surface area contributed by atoms with E-state index in [2.05, 4.69) is 10.5 Å². The smallest absolute Gasteiger partial charge is 0.248 e. The molecule has 6 N–H and O–H groups in total. The molecule has 0 unspecified atom stereocenters. The Morgan fingerprint density at radius 1 is 1.38 bits per heavy atom. The lowest BCUT2D eigenvalue weighted by Gasteiger charge is -2.43. The summed E-state index contributed by atoms with van der Waals surface area (Å²) in [5.74, 6) is -0.691. The van der Waals surface area contributed by atoms with Gasteiger partial charge in [0.15, 0.2) is 5.84 Å². The number of oxime groups is 1. The maximum Gasteiger partial charge on any atom is 0.248 e. The summed E-state index contributed by atoms with van der Waals surface area (Å²) in [6.45, 7) is 1.99. The van der Waals surface area contributed by atoms with Crippen LogP contribution in [0.4, 0.5) is 5.69 Å². The van der Waals surface area contributed by atoms with Gasteiger partial charge in [0.2, 0.25) is 11.8 Å². The molecule has 0 atom stereocenters. The zero-order valence-electron chi connectivity index (χ0n) is 11.7. The van der Waals surface area contributed by atoms with Crippen molar-refractivity contribution in [2.45, 2.75) is 19.8 Å². The van der Waals surface area contributed by atoms with Gasteiger partial charge in [0.05, 0.1) is 0 Å². The topological polar surface area (TPSA) is 131 Å². The second kappa shape index (κ2) is 5.43. The first kappa shape index (κ1) is 14.8. The van der Waals surface area contributed by atoms with Crippen molar-refractivity contribution in [3.05, 3.63) is 29.8 Å². The number of anilines is 1. The van der Waals surface area contributed by atoms with E-state index >= 15 is 0 Å². The summed E-state index contributed by atoms with van der Waals surface area (Å²) in [7, 11) is 0. The Labute approximate surface area is 122 Å². The molecule has 1 aromatic rings. The molecule has 2 amide bonds. The number of carbonyl (C=O) groups excluding carboxylic acids is 2. The zero-order valence-corrected chi connectivity index (χ0v) is 11.7. The van der Waals surface area contributed by atoms with Crippen LogP contribution in [-0.2, 0) is 4.79 Å². The lowest BCUT2D eigenvalue weighted by molar-refractivity contribution is -0.127. The van der Waals surface area contributed by atoms with Gasteiger partial charge in [0.1, 0.15) is 5.41 Å². The quantitative estimate of drug-likeness (QED) is 0.284. The Bertz CT molecular complexity index is 606. The molecule has 0 aromatic heterocycles. The molecule has 0 aliphatic heterocycles. The predicted octanol–water partition coefficient (Wildman–Crippen LogP) is 0.887. The molecule has 0 heterocycles. The summed E-state index contributed by atoms with van der Waals surface area (Å²) < 4.78 is 0. The summed E-state index contributed by atoms with van der Waals surface area (Å²) in [4.78, 5) is 23.6. The Balaban J connectivity index is 2.21. The summed E-state index contributed by atoms with van der Waals surface area (Å²) in [6.07, 6.45) is 1.04. The van der Waals surface area contributed by atoms with Crippen LogP contribution in [0, 0.1) is 11.3 Å². The van der Waals surface area contributed by atoms with E-state index in [1.807, 2.05) is 6.92 Å². The molecule has 1 aromatic carbocycles. The first-order valence-corrected chi connectivity index (χ1v) is 6.58. The fourth-order valence-electron chi connectivity index (χ4n) is 2.74. The third kappa shape index (κ3) is 2.67. The molecule has 0 radical (unpaired) electrons. The van der Waals surface area contributed by atoms with Gasteiger partial charge in [-0.2, -0.15) is 0 Å². The first-order valence-electron chi connectivity index (χ1n) is 6.58. The van der Waals surface area contributed by atoms with E-state index in [0.717, 1.165) is 0 Å². The Kier molecular flexibility index (Phi) is 3.84. The number of amidine groups is 1. The number of nitrogens with one attached hydrogen (secondary N) is 1.